The summed E-state index contributed by atoms with van der Waals surface area (Å²) in [5.41, 5.74) is 2.66. The average molecular weight is 348 g/mol. The van der Waals surface area contributed by atoms with Crippen molar-refractivity contribution in [1.82, 2.24) is 34.4 Å². The van der Waals surface area contributed by atoms with Crippen LogP contribution in [0.3, 0.4) is 0 Å². The molecule has 0 saturated carbocycles. The van der Waals surface area contributed by atoms with Crippen molar-refractivity contribution in [1.29, 1.82) is 0 Å². The van der Waals surface area contributed by atoms with Gasteiger partial charge in [0.15, 0.2) is 9.60 Å². The largest absolute Gasteiger partial charge is 0.353 e. The standard InChI is InChI=1S/C13H16N8S2/c1-18-11-10(6-16-18)12(15-7-14-11)20-4-2-19(3-5-20)9-21-13(22)23-8-17-21/h6-8H,2-5,9H2,1H3. The van der Waals surface area contributed by atoms with Crippen LogP contribution in [0.4, 0.5) is 5.82 Å². The van der Waals surface area contributed by atoms with Crippen LogP contribution in [0.1, 0.15) is 0 Å². The van der Waals surface area contributed by atoms with Gasteiger partial charge in [-0.2, -0.15) is 10.2 Å². The maximum Gasteiger partial charge on any atom is 0.180 e. The normalized spacial score (nSPS) is 16.3. The second-order valence-corrected chi connectivity index (χ2v) is 6.93. The highest BCUT2D eigenvalue weighted by molar-refractivity contribution is 7.73. The third-order valence-corrected chi connectivity index (χ3v) is 5.18. The quantitative estimate of drug-likeness (QED) is 0.657. The number of piperazine rings is 1. The molecule has 1 aliphatic rings. The Morgan fingerprint density at radius 3 is 2.74 bits per heavy atom. The van der Waals surface area contributed by atoms with Crippen LogP contribution in [0.5, 0.6) is 0 Å². The molecule has 4 heterocycles. The van der Waals surface area contributed by atoms with E-state index in [0.29, 0.717) is 0 Å². The predicted molar refractivity (Wildman–Crippen MR) is 91.0 cm³/mol. The first-order valence-corrected chi connectivity index (χ1v) is 8.62. The van der Waals surface area contributed by atoms with Crippen molar-refractivity contribution >= 4 is 40.4 Å². The summed E-state index contributed by atoms with van der Waals surface area (Å²) in [6.45, 7) is 4.48. The van der Waals surface area contributed by atoms with E-state index in [4.69, 9.17) is 12.2 Å². The van der Waals surface area contributed by atoms with E-state index in [-0.39, 0.29) is 0 Å². The van der Waals surface area contributed by atoms with E-state index in [9.17, 15) is 0 Å². The van der Waals surface area contributed by atoms with Gasteiger partial charge in [-0.1, -0.05) is 11.3 Å². The Hall–Kier alpha value is -1.91. The number of hydrogen-bond donors (Lipinski definition) is 0. The molecule has 3 aromatic rings. The summed E-state index contributed by atoms with van der Waals surface area (Å²) in [5.74, 6) is 0.966. The highest BCUT2D eigenvalue weighted by Gasteiger charge is 2.21. The second-order valence-electron chi connectivity index (χ2n) is 5.45. The van der Waals surface area contributed by atoms with Crippen molar-refractivity contribution in [2.45, 2.75) is 6.67 Å². The van der Waals surface area contributed by atoms with Crippen LogP contribution in [0, 0.1) is 3.95 Å². The summed E-state index contributed by atoms with van der Waals surface area (Å²) in [6.07, 6.45) is 3.45. The first-order valence-electron chi connectivity index (χ1n) is 7.33. The Bertz CT molecular complexity index is 873. The van der Waals surface area contributed by atoms with Gasteiger partial charge >= 0.3 is 0 Å². The zero-order chi connectivity index (χ0) is 15.8. The lowest BCUT2D eigenvalue weighted by molar-refractivity contribution is 0.195. The zero-order valence-corrected chi connectivity index (χ0v) is 14.3. The minimum atomic E-state index is 0.752. The summed E-state index contributed by atoms with van der Waals surface area (Å²) in [5, 5.41) is 9.56. The van der Waals surface area contributed by atoms with Crippen LogP contribution in [0.15, 0.2) is 18.0 Å². The number of hydrogen-bond acceptors (Lipinski definition) is 8. The Labute approximate surface area is 142 Å². The van der Waals surface area contributed by atoms with Gasteiger partial charge in [0.1, 0.15) is 17.7 Å². The lowest BCUT2D eigenvalue weighted by atomic mass is 10.3. The number of anilines is 1. The second kappa shape index (κ2) is 5.95. The summed E-state index contributed by atoms with van der Waals surface area (Å²) < 4.78 is 4.47. The average Bonchev–Trinajstić information content (AvgIpc) is 3.15. The van der Waals surface area contributed by atoms with E-state index in [1.165, 1.54) is 11.3 Å². The molecule has 23 heavy (non-hydrogen) atoms. The zero-order valence-electron chi connectivity index (χ0n) is 12.7. The molecule has 4 rings (SSSR count). The van der Waals surface area contributed by atoms with Crippen molar-refractivity contribution in [2.75, 3.05) is 31.1 Å². The SMILES string of the molecule is Cn1ncc2c(N3CCN(Cn4ncsc4=S)CC3)ncnc21. The van der Waals surface area contributed by atoms with E-state index in [1.54, 1.807) is 16.5 Å². The fourth-order valence-corrected chi connectivity index (χ4v) is 3.53. The lowest BCUT2D eigenvalue weighted by Gasteiger charge is -2.35. The van der Waals surface area contributed by atoms with Crippen LogP contribution in [-0.4, -0.2) is 60.6 Å². The molecule has 0 amide bonds. The molecule has 1 saturated heterocycles. The van der Waals surface area contributed by atoms with Gasteiger partial charge in [0.25, 0.3) is 0 Å². The molecular weight excluding hydrogens is 332 g/mol. The van der Waals surface area contributed by atoms with Gasteiger partial charge in [-0.15, -0.1) is 0 Å². The van der Waals surface area contributed by atoms with Gasteiger partial charge in [0, 0.05) is 33.2 Å². The van der Waals surface area contributed by atoms with E-state index >= 15 is 0 Å². The smallest absolute Gasteiger partial charge is 0.180 e. The molecule has 0 bridgehead atoms. The first-order chi connectivity index (χ1) is 11.2. The van der Waals surface area contributed by atoms with Gasteiger partial charge in [0.2, 0.25) is 0 Å². The molecule has 0 atom stereocenters. The van der Waals surface area contributed by atoms with Crippen molar-refractivity contribution in [3.63, 3.8) is 0 Å². The fourth-order valence-electron chi connectivity index (χ4n) is 2.82. The Morgan fingerprint density at radius 2 is 2.00 bits per heavy atom. The topological polar surface area (TPSA) is 67.9 Å². The minimum absolute atomic E-state index is 0.752. The van der Waals surface area contributed by atoms with Crippen LogP contribution < -0.4 is 4.90 Å². The van der Waals surface area contributed by atoms with Gasteiger partial charge in [-0.05, 0) is 12.2 Å². The van der Waals surface area contributed by atoms with Gasteiger partial charge in [-0.3, -0.25) is 9.58 Å². The van der Waals surface area contributed by atoms with Crippen LogP contribution in [0.25, 0.3) is 11.0 Å². The molecular formula is C13H16N8S2. The van der Waals surface area contributed by atoms with Gasteiger partial charge < -0.3 is 4.90 Å². The summed E-state index contributed by atoms with van der Waals surface area (Å²) in [7, 11) is 1.90. The molecule has 120 valence electrons. The van der Waals surface area contributed by atoms with Crippen LogP contribution >= 0.6 is 23.6 Å². The lowest BCUT2D eigenvalue weighted by Crippen LogP contribution is -2.47. The molecule has 0 radical (unpaired) electrons. The summed E-state index contributed by atoms with van der Waals surface area (Å²) in [6, 6.07) is 0. The molecule has 0 spiro atoms. The van der Waals surface area contributed by atoms with E-state index in [1.807, 2.05) is 17.9 Å². The molecule has 1 fully saturated rings. The van der Waals surface area contributed by atoms with E-state index in [2.05, 4.69) is 30.0 Å². The highest BCUT2D eigenvalue weighted by Crippen LogP contribution is 2.23. The Balaban J connectivity index is 1.49. The molecule has 0 N–H and O–H groups in total. The van der Waals surface area contributed by atoms with Crippen molar-refractivity contribution in [3.05, 3.63) is 22.0 Å². The van der Waals surface area contributed by atoms with Crippen molar-refractivity contribution in [3.8, 4) is 0 Å². The number of fused-ring (bicyclic) bond motifs is 1. The first kappa shape index (κ1) is 14.7. The molecule has 10 heteroatoms. The molecule has 0 aliphatic carbocycles. The Morgan fingerprint density at radius 1 is 1.17 bits per heavy atom. The minimum Gasteiger partial charge on any atom is -0.353 e. The monoisotopic (exact) mass is 348 g/mol. The van der Waals surface area contributed by atoms with Crippen molar-refractivity contribution in [2.24, 2.45) is 7.05 Å². The van der Waals surface area contributed by atoms with Crippen molar-refractivity contribution < 1.29 is 0 Å². The van der Waals surface area contributed by atoms with E-state index in [0.717, 1.165) is 53.7 Å². The maximum absolute atomic E-state index is 5.26. The molecule has 0 unspecified atom stereocenters. The summed E-state index contributed by atoms with van der Waals surface area (Å²) >= 11 is 6.76. The Kier molecular flexibility index (Phi) is 3.79. The van der Waals surface area contributed by atoms with Gasteiger partial charge in [0.05, 0.1) is 18.3 Å². The number of aromatic nitrogens is 6. The highest BCUT2D eigenvalue weighted by atomic mass is 32.1. The van der Waals surface area contributed by atoms with E-state index < -0.39 is 0 Å². The number of nitrogens with zero attached hydrogens (tertiary/aromatic N) is 8. The molecule has 8 nitrogen and oxygen atoms in total. The number of rotatable bonds is 3. The van der Waals surface area contributed by atoms with Crippen LogP contribution in [-0.2, 0) is 13.7 Å². The maximum atomic E-state index is 5.26. The third-order valence-electron chi connectivity index (χ3n) is 4.06. The number of aryl methyl sites for hydroxylation is 1. The van der Waals surface area contributed by atoms with Crippen LogP contribution in [0.2, 0.25) is 0 Å². The molecule has 0 aromatic carbocycles. The fraction of sp³-hybridized carbons (Fsp3) is 0.462. The predicted octanol–water partition coefficient (Wildman–Crippen LogP) is 1.13. The molecule has 3 aromatic heterocycles. The summed E-state index contributed by atoms with van der Waals surface area (Å²) in [4.78, 5) is 13.4. The third kappa shape index (κ3) is 2.73. The molecule has 1 aliphatic heterocycles. The van der Waals surface area contributed by atoms with Gasteiger partial charge in [-0.25, -0.2) is 14.6 Å².